The van der Waals surface area contributed by atoms with Gasteiger partial charge in [0.05, 0.1) is 0 Å². The number of carbonyl (C=O) groups excluding carboxylic acids is 1. The maximum absolute atomic E-state index is 12.9. The first-order chi connectivity index (χ1) is 11.6. The number of ketones is 1. The molecule has 1 spiro atoms. The van der Waals surface area contributed by atoms with Crippen LogP contribution in [0.4, 0.5) is 0 Å². The highest BCUT2D eigenvalue weighted by Crippen LogP contribution is 2.50. The van der Waals surface area contributed by atoms with E-state index in [0.29, 0.717) is 11.7 Å². The molecule has 0 heterocycles. The molecule has 0 saturated heterocycles. The molecule has 2 heteroatoms. The van der Waals surface area contributed by atoms with Gasteiger partial charge in [0.15, 0.2) is 5.78 Å². The van der Waals surface area contributed by atoms with E-state index < -0.39 is 0 Å². The number of benzene rings is 1. The predicted octanol–water partition coefficient (Wildman–Crippen LogP) is 5.47. The second-order valence-corrected chi connectivity index (χ2v) is 7.86. The molecule has 0 N–H and O–H groups in total. The molecule has 3 aliphatic carbocycles. The molecular weight excluding hydrogens is 312 g/mol. The fraction of sp³-hybridized carbons (Fsp3) is 0.318. The lowest BCUT2D eigenvalue weighted by Gasteiger charge is -2.36. The van der Waals surface area contributed by atoms with Crippen molar-refractivity contribution in [2.45, 2.75) is 32.1 Å². The third kappa shape index (κ3) is 2.63. The van der Waals surface area contributed by atoms with Gasteiger partial charge in [0.25, 0.3) is 0 Å². The van der Waals surface area contributed by atoms with E-state index in [4.69, 9.17) is 0 Å². The first-order valence-electron chi connectivity index (χ1n) is 8.69. The molecule has 1 nitrogen and oxygen atoms in total. The van der Waals surface area contributed by atoms with Crippen molar-refractivity contribution >= 4 is 18.4 Å². The van der Waals surface area contributed by atoms with Gasteiger partial charge in [-0.3, -0.25) is 4.79 Å². The highest BCUT2D eigenvalue weighted by molar-refractivity contribution is 7.84. The summed E-state index contributed by atoms with van der Waals surface area (Å²) in [6.45, 7) is 4.08. The first-order valence-corrected chi connectivity index (χ1v) is 9.14. The van der Waals surface area contributed by atoms with Crippen LogP contribution in [0.5, 0.6) is 0 Å². The van der Waals surface area contributed by atoms with Gasteiger partial charge in [-0.25, -0.2) is 0 Å². The molecule has 0 unspecified atom stereocenters. The van der Waals surface area contributed by atoms with Crippen molar-refractivity contribution in [3.05, 3.63) is 82.3 Å². The van der Waals surface area contributed by atoms with Crippen LogP contribution in [0.25, 0.3) is 0 Å². The van der Waals surface area contributed by atoms with Crippen LogP contribution >= 0.6 is 12.6 Å². The van der Waals surface area contributed by atoms with Crippen LogP contribution in [-0.4, -0.2) is 5.78 Å². The number of hydrogen-bond donors (Lipinski definition) is 1. The van der Waals surface area contributed by atoms with E-state index >= 15 is 0 Å². The minimum absolute atomic E-state index is 0.140. The van der Waals surface area contributed by atoms with E-state index in [2.05, 4.69) is 37.4 Å². The summed E-state index contributed by atoms with van der Waals surface area (Å²) in [5.41, 5.74) is 4.40. The molecule has 0 aliphatic heterocycles. The average Bonchev–Trinajstić information content (AvgIpc) is 2.72. The van der Waals surface area contributed by atoms with E-state index in [9.17, 15) is 4.79 Å². The molecule has 3 aliphatic rings. The summed E-state index contributed by atoms with van der Waals surface area (Å²) < 4.78 is 0. The number of allylic oxidation sites excluding steroid dienone is 6. The summed E-state index contributed by atoms with van der Waals surface area (Å²) in [6.07, 6.45) is 13.4. The van der Waals surface area contributed by atoms with Gasteiger partial charge in [-0.05, 0) is 66.9 Å². The number of fused-ring (bicyclic) bond motifs is 1. The van der Waals surface area contributed by atoms with Gasteiger partial charge in [-0.1, -0.05) is 43.0 Å². The van der Waals surface area contributed by atoms with Gasteiger partial charge in [-0.15, -0.1) is 12.6 Å². The lowest BCUT2D eigenvalue weighted by atomic mass is 9.66. The molecule has 0 atom stereocenters. The molecule has 1 aromatic rings. The number of hydrogen-bond acceptors (Lipinski definition) is 2. The highest BCUT2D eigenvalue weighted by atomic mass is 32.1. The quantitative estimate of drug-likeness (QED) is 0.674. The molecule has 1 saturated carbocycles. The van der Waals surface area contributed by atoms with Crippen LogP contribution in [0.3, 0.4) is 0 Å². The van der Waals surface area contributed by atoms with Crippen LogP contribution in [0.15, 0.2) is 71.2 Å². The summed E-state index contributed by atoms with van der Waals surface area (Å²) in [7, 11) is 0. The predicted molar refractivity (Wildman–Crippen MR) is 102 cm³/mol. The van der Waals surface area contributed by atoms with Crippen molar-refractivity contribution in [3.8, 4) is 0 Å². The van der Waals surface area contributed by atoms with Crippen molar-refractivity contribution in [2.75, 3.05) is 0 Å². The Bertz CT molecular complexity index is 801. The van der Waals surface area contributed by atoms with Gasteiger partial charge in [0.2, 0.25) is 0 Å². The zero-order valence-electron chi connectivity index (χ0n) is 13.8. The van der Waals surface area contributed by atoms with Gasteiger partial charge in [0.1, 0.15) is 0 Å². The molecule has 4 rings (SSSR count). The molecule has 0 aromatic heterocycles. The fourth-order valence-corrected chi connectivity index (χ4v) is 4.75. The maximum Gasteiger partial charge on any atom is 0.169 e. The van der Waals surface area contributed by atoms with Crippen molar-refractivity contribution in [1.29, 1.82) is 0 Å². The third-order valence-corrected chi connectivity index (χ3v) is 6.10. The van der Waals surface area contributed by atoms with Gasteiger partial charge >= 0.3 is 0 Å². The third-order valence-electron chi connectivity index (χ3n) is 5.82. The Morgan fingerprint density at radius 2 is 1.83 bits per heavy atom. The highest BCUT2D eigenvalue weighted by Gasteiger charge is 2.47. The van der Waals surface area contributed by atoms with Crippen LogP contribution in [-0.2, 0) is 6.42 Å². The molecular formula is C22H22OS. The van der Waals surface area contributed by atoms with Crippen molar-refractivity contribution in [2.24, 2.45) is 11.3 Å². The Morgan fingerprint density at radius 1 is 1.08 bits per heavy atom. The summed E-state index contributed by atoms with van der Waals surface area (Å²) >= 11 is 4.44. The topological polar surface area (TPSA) is 17.1 Å². The average molecular weight is 334 g/mol. The van der Waals surface area contributed by atoms with Crippen LogP contribution in [0, 0.1) is 11.3 Å². The smallest absolute Gasteiger partial charge is 0.169 e. The van der Waals surface area contributed by atoms with E-state index in [1.165, 1.54) is 11.1 Å². The molecule has 0 bridgehead atoms. The van der Waals surface area contributed by atoms with Gasteiger partial charge < -0.3 is 0 Å². The summed E-state index contributed by atoms with van der Waals surface area (Å²) in [4.78, 5) is 13.9. The molecule has 24 heavy (non-hydrogen) atoms. The second-order valence-electron chi connectivity index (χ2n) is 7.34. The van der Waals surface area contributed by atoms with Crippen LogP contribution < -0.4 is 0 Å². The number of thiol groups is 1. The zero-order chi connectivity index (χ0) is 16.7. The fourth-order valence-electron chi connectivity index (χ4n) is 4.51. The normalized spacial score (nSPS) is 29.3. The lowest BCUT2D eigenvalue weighted by Crippen LogP contribution is -2.33. The molecule has 122 valence electrons. The Kier molecular flexibility index (Phi) is 3.88. The molecule has 1 aromatic carbocycles. The largest absolute Gasteiger partial charge is 0.294 e. The Balaban J connectivity index is 1.52. The van der Waals surface area contributed by atoms with Crippen LogP contribution in [0.2, 0.25) is 0 Å². The first kappa shape index (κ1) is 15.7. The lowest BCUT2D eigenvalue weighted by molar-refractivity contribution is 0.0721. The van der Waals surface area contributed by atoms with E-state index in [0.717, 1.165) is 48.1 Å². The van der Waals surface area contributed by atoms with Crippen molar-refractivity contribution < 1.29 is 4.79 Å². The maximum atomic E-state index is 12.9. The molecule has 0 amide bonds. The zero-order valence-corrected chi connectivity index (χ0v) is 14.7. The Morgan fingerprint density at radius 3 is 2.58 bits per heavy atom. The van der Waals surface area contributed by atoms with Crippen molar-refractivity contribution in [3.63, 3.8) is 0 Å². The number of Topliss-reactive ketones (excluding diaryl/α,β-unsaturated/α-hetero) is 1. The second kappa shape index (κ2) is 5.93. The monoisotopic (exact) mass is 334 g/mol. The van der Waals surface area contributed by atoms with Gasteiger partial charge in [0, 0.05) is 15.9 Å². The van der Waals surface area contributed by atoms with Crippen molar-refractivity contribution in [1.82, 2.24) is 0 Å². The standard InChI is InChI=1S/C22H22OS/c1-15-12-17(6-7-19(24)13-15)16-8-10-22(11-9-16)14-18-4-2-3-5-20(18)21(22)23/h2-7,12-13,16,24H,1,8-11,14H2/t16-,22+. The van der Waals surface area contributed by atoms with E-state index in [1.54, 1.807) is 0 Å². The number of carbonyl (C=O) groups is 1. The minimum Gasteiger partial charge on any atom is -0.294 e. The summed E-state index contributed by atoms with van der Waals surface area (Å²) in [6, 6.07) is 8.15. The SMILES string of the molecule is C=C1C=C(S)C=CC([C@H]2CC[C@@]3(CC2)Cc2ccccc2C3=O)=C1. The number of rotatable bonds is 1. The molecule has 1 fully saturated rings. The van der Waals surface area contributed by atoms with E-state index in [1.807, 2.05) is 30.4 Å². The minimum atomic E-state index is -0.140. The van der Waals surface area contributed by atoms with Crippen LogP contribution in [0.1, 0.15) is 41.6 Å². The molecule has 0 radical (unpaired) electrons. The Hall–Kier alpha value is -1.80. The summed E-state index contributed by atoms with van der Waals surface area (Å²) in [5.74, 6) is 0.901. The van der Waals surface area contributed by atoms with Gasteiger partial charge in [-0.2, -0.15) is 0 Å². The Labute approximate surface area is 149 Å². The van der Waals surface area contributed by atoms with E-state index in [-0.39, 0.29) is 5.41 Å². The summed E-state index contributed by atoms with van der Waals surface area (Å²) in [5, 5.41) is 0.